The number of aromatic nitrogens is 1. The van der Waals surface area contributed by atoms with Gasteiger partial charge in [0.2, 0.25) is 5.91 Å². The molecule has 0 aliphatic carbocycles. The second-order valence-corrected chi connectivity index (χ2v) is 5.97. The Morgan fingerprint density at radius 2 is 1.96 bits per heavy atom. The average Bonchev–Trinajstić information content (AvgIpc) is 2.82. The van der Waals surface area contributed by atoms with E-state index >= 15 is 0 Å². The van der Waals surface area contributed by atoms with Crippen LogP contribution in [-0.4, -0.2) is 15.6 Å². The van der Waals surface area contributed by atoms with Crippen LogP contribution in [0, 0.1) is 0 Å². The van der Waals surface area contributed by atoms with E-state index < -0.39 is 11.4 Å². The average molecular weight is 326 g/mol. The summed E-state index contributed by atoms with van der Waals surface area (Å²) in [4.78, 5) is 23.7. The number of amides is 1. The van der Waals surface area contributed by atoms with Crippen molar-refractivity contribution in [3.05, 3.63) is 64.6 Å². The summed E-state index contributed by atoms with van der Waals surface area (Å²) in [5, 5.41) is 13.2. The molecule has 124 valence electrons. The van der Waals surface area contributed by atoms with Crippen LogP contribution in [0.5, 0.6) is 0 Å². The lowest BCUT2D eigenvalue weighted by molar-refractivity contribution is -0.120. The second-order valence-electron chi connectivity index (χ2n) is 5.97. The smallest absolute Gasteiger partial charge is 0.408 e. The van der Waals surface area contributed by atoms with Crippen LogP contribution in [0.2, 0.25) is 0 Å². The first kappa shape index (κ1) is 16.0. The number of nitrogens with one attached hydrogen (secondary N) is 1. The number of nitrogens with zero attached hydrogens (tertiary/aromatic N) is 1. The molecule has 0 aliphatic heterocycles. The van der Waals surface area contributed by atoms with Crippen molar-refractivity contribution in [3.8, 4) is 0 Å². The largest absolute Gasteiger partial charge is 0.419 e. The maximum atomic E-state index is 12.2. The van der Waals surface area contributed by atoms with Gasteiger partial charge in [0.15, 0.2) is 5.58 Å². The lowest BCUT2D eigenvalue weighted by Gasteiger charge is -2.23. The molecule has 6 nitrogen and oxygen atoms in total. The van der Waals surface area contributed by atoms with Gasteiger partial charge in [-0.2, -0.15) is 0 Å². The van der Waals surface area contributed by atoms with Crippen LogP contribution in [0.3, 0.4) is 0 Å². The predicted molar refractivity (Wildman–Crippen MR) is 90.7 cm³/mol. The van der Waals surface area contributed by atoms with E-state index in [-0.39, 0.29) is 12.3 Å². The van der Waals surface area contributed by atoms with Crippen molar-refractivity contribution < 1.29 is 14.3 Å². The summed E-state index contributed by atoms with van der Waals surface area (Å²) in [6.45, 7) is 1.60. The van der Waals surface area contributed by atoms with E-state index in [1.54, 1.807) is 44.3 Å². The summed E-state index contributed by atoms with van der Waals surface area (Å²) in [7, 11) is 1.61. The van der Waals surface area contributed by atoms with Gasteiger partial charge in [-0.1, -0.05) is 30.3 Å². The normalized spacial score (nSPS) is 13.6. The van der Waals surface area contributed by atoms with Crippen molar-refractivity contribution in [2.45, 2.75) is 18.9 Å². The highest BCUT2D eigenvalue weighted by atomic mass is 16.4. The number of rotatable bonds is 4. The van der Waals surface area contributed by atoms with Gasteiger partial charge >= 0.3 is 5.76 Å². The molecule has 0 aliphatic rings. The fraction of sp³-hybridized carbons (Fsp3) is 0.222. The Hall–Kier alpha value is -2.86. The van der Waals surface area contributed by atoms with Crippen LogP contribution in [0.15, 0.2) is 57.7 Å². The Bertz CT molecular complexity index is 939. The third-order valence-corrected chi connectivity index (χ3v) is 3.98. The first-order chi connectivity index (χ1) is 11.4. The van der Waals surface area contributed by atoms with E-state index in [1.165, 1.54) is 4.57 Å². The minimum absolute atomic E-state index is 0.0895. The first-order valence-corrected chi connectivity index (χ1v) is 7.54. The molecule has 1 aromatic heterocycles. The summed E-state index contributed by atoms with van der Waals surface area (Å²) in [6, 6.07) is 14.0. The van der Waals surface area contributed by atoms with Gasteiger partial charge in [-0.05, 0) is 24.6 Å². The molecule has 3 rings (SSSR count). The molecule has 1 atom stereocenters. The Morgan fingerprint density at radius 1 is 1.25 bits per heavy atom. The van der Waals surface area contributed by atoms with Crippen LogP contribution >= 0.6 is 0 Å². The van der Waals surface area contributed by atoms with Crippen molar-refractivity contribution in [2.75, 3.05) is 5.32 Å². The molecule has 2 aromatic carbocycles. The van der Waals surface area contributed by atoms with E-state index in [2.05, 4.69) is 5.32 Å². The van der Waals surface area contributed by atoms with Crippen molar-refractivity contribution >= 4 is 22.7 Å². The number of anilines is 1. The lowest BCUT2D eigenvalue weighted by atomic mass is 9.92. The maximum Gasteiger partial charge on any atom is 0.419 e. The lowest BCUT2D eigenvalue weighted by Crippen LogP contribution is -2.28. The summed E-state index contributed by atoms with van der Waals surface area (Å²) < 4.78 is 6.49. The highest BCUT2D eigenvalue weighted by Gasteiger charge is 2.26. The number of carbonyl (C=O) groups excluding carboxylic acids is 1. The Morgan fingerprint density at radius 3 is 2.67 bits per heavy atom. The number of carbonyl (C=O) groups is 1. The predicted octanol–water partition coefficient (Wildman–Crippen LogP) is 2.37. The van der Waals surface area contributed by atoms with Crippen molar-refractivity contribution in [1.29, 1.82) is 0 Å². The molecule has 1 amide bonds. The molecule has 0 saturated carbocycles. The second kappa shape index (κ2) is 5.98. The minimum atomic E-state index is -1.27. The molecule has 24 heavy (non-hydrogen) atoms. The molecule has 6 heteroatoms. The van der Waals surface area contributed by atoms with Crippen molar-refractivity contribution in [1.82, 2.24) is 4.57 Å². The summed E-state index contributed by atoms with van der Waals surface area (Å²) in [6.07, 6.45) is -0.0895. The summed E-state index contributed by atoms with van der Waals surface area (Å²) in [5.74, 6) is -0.790. The number of aliphatic hydroxyl groups is 1. The molecular formula is C18H18N2O4. The van der Waals surface area contributed by atoms with Gasteiger partial charge in [0.25, 0.3) is 0 Å². The fourth-order valence-electron chi connectivity index (χ4n) is 2.63. The minimum Gasteiger partial charge on any atom is -0.408 e. The Labute approximate surface area is 138 Å². The molecule has 0 fully saturated rings. The third-order valence-electron chi connectivity index (χ3n) is 3.98. The SMILES string of the molecule is Cn1c(=O)oc2cc(NC(=O)CC(C)(O)c3ccccc3)ccc21. The molecule has 1 unspecified atom stereocenters. The van der Waals surface area contributed by atoms with Crippen LogP contribution in [0.1, 0.15) is 18.9 Å². The van der Waals surface area contributed by atoms with E-state index in [1.807, 2.05) is 18.2 Å². The van der Waals surface area contributed by atoms with E-state index in [4.69, 9.17) is 4.42 Å². The quantitative estimate of drug-likeness (QED) is 0.771. The number of fused-ring (bicyclic) bond motifs is 1. The van der Waals surface area contributed by atoms with Gasteiger partial charge in [0.1, 0.15) is 0 Å². The molecule has 1 heterocycles. The summed E-state index contributed by atoms with van der Waals surface area (Å²) >= 11 is 0. The molecule has 0 bridgehead atoms. The van der Waals surface area contributed by atoms with E-state index in [9.17, 15) is 14.7 Å². The number of aryl methyl sites for hydroxylation is 1. The van der Waals surface area contributed by atoms with Crippen LogP contribution < -0.4 is 11.1 Å². The van der Waals surface area contributed by atoms with Crippen LogP contribution in [0.4, 0.5) is 5.69 Å². The van der Waals surface area contributed by atoms with Gasteiger partial charge in [-0.25, -0.2) is 4.79 Å². The Balaban J connectivity index is 1.76. The standard InChI is InChI=1S/C18H18N2O4/c1-18(23,12-6-4-3-5-7-12)11-16(21)19-13-8-9-14-15(10-13)24-17(22)20(14)2/h3-10,23H,11H2,1-2H3,(H,19,21). The van der Waals surface area contributed by atoms with Gasteiger partial charge in [0.05, 0.1) is 17.5 Å². The third kappa shape index (κ3) is 3.09. The van der Waals surface area contributed by atoms with E-state index in [0.29, 0.717) is 22.4 Å². The topological polar surface area (TPSA) is 84.5 Å². The zero-order valence-electron chi connectivity index (χ0n) is 13.4. The van der Waals surface area contributed by atoms with Gasteiger partial charge in [-0.15, -0.1) is 0 Å². The fourth-order valence-corrected chi connectivity index (χ4v) is 2.63. The number of hydrogen-bond donors (Lipinski definition) is 2. The van der Waals surface area contributed by atoms with Gasteiger partial charge in [-0.3, -0.25) is 9.36 Å². The highest BCUT2D eigenvalue weighted by Crippen LogP contribution is 2.25. The molecule has 2 N–H and O–H groups in total. The number of hydrogen-bond acceptors (Lipinski definition) is 4. The molecule has 3 aromatic rings. The number of oxazole rings is 1. The molecule has 0 saturated heterocycles. The Kier molecular flexibility index (Phi) is 3.99. The molecule has 0 spiro atoms. The highest BCUT2D eigenvalue weighted by molar-refractivity contribution is 5.93. The molecular weight excluding hydrogens is 308 g/mol. The first-order valence-electron chi connectivity index (χ1n) is 7.54. The van der Waals surface area contributed by atoms with Crippen LogP contribution in [0.25, 0.3) is 11.1 Å². The maximum absolute atomic E-state index is 12.2. The van der Waals surface area contributed by atoms with E-state index in [0.717, 1.165) is 0 Å². The zero-order chi connectivity index (χ0) is 17.3. The number of benzene rings is 2. The monoisotopic (exact) mass is 326 g/mol. The zero-order valence-corrected chi connectivity index (χ0v) is 13.4. The summed E-state index contributed by atoms with van der Waals surface area (Å²) in [5.41, 5.74) is 0.953. The van der Waals surface area contributed by atoms with Crippen molar-refractivity contribution in [3.63, 3.8) is 0 Å². The van der Waals surface area contributed by atoms with Gasteiger partial charge in [0, 0.05) is 18.8 Å². The molecule has 0 radical (unpaired) electrons. The van der Waals surface area contributed by atoms with Crippen molar-refractivity contribution in [2.24, 2.45) is 7.05 Å². The van der Waals surface area contributed by atoms with Crippen LogP contribution in [-0.2, 0) is 17.4 Å². The van der Waals surface area contributed by atoms with Gasteiger partial charge < -0.3 is 14.8 Å².